The van der Waals surface area contributed by atoms with Crippen LogP contribution in [0.4, 0.5) is 0 Å². The number of ketones is 1. The summed E-state index contributed by atoms with van der Waals surface area (Å²) in [5.74, 6) is -0.646. The Balaban J connectivity index is 2.48. The average molecular weight is 275 g/mol. The van der Waals surface area contributed by atoms with Gasteiger partial charge in [-0.3, -0.25) is 19.7 Å². The van der Waals surface area contributed by atoms with Crippen molar-refractivity contribution in [3.63, 3.8) is 0 Å². The smallest absolute Gasteiger partial charge is 0.226 e. The van der Waals surface area contributed by atoms with Gasteiger partial charge in [0.1, 0.15) is 0 Å². The summed E-state index contributed by atoms with van der Waals surface area (Å²) in [6.45, 7) is 7.37. The van der Waals surface area contributed by atoms with Gasteiger partial charge in [-0.05, 0) is 25.3 Å². The lowest BCUT2D eigenvalue weighted by molar-refractivity contribution is -0.134. The summed E-state index contributed by atoms with van der Waals surface area (Å²) < 4.78 is 0. The first-order valence-electron chi connectivity index (χ1n) is 6.76. The number of piperidine rings is 1. The third kappa shape index (κ3) is 5.34. The summed E-state index contributed by atoms with van der Waals surface area (Å²) in [4.78, 5) is 34.3. The number of imide groups is 1. The van der Waals surface area contributed by atoms with Gasteiger partial charge in [0.15, 0.2) is 5.78 Å². The summed E-state index contributed by atoms with van der Waals surface area (Å²) in [6, 6.07) is 0. The Labute approximate surface area is 119 Å². The number of rotatable bonds is 6. The van der Waals surface area contributed by atoms with Crippen molar-refractivity contribution in [3.05, 3.63) is 36.5 Å². The van der Waals surface area contributed by atoms with Gasteiger partial charge in [0.05, 0.1) is 0 Å². The van der Waals surface area contributed by atoms with Crippen LogP contribution in [0.25, 0.3) is 0 Å². The Kier molecular flexibility index (Phi) is 6.10. The predicted octanol–water partition coefficient (Wildman–Crippen LogP) is 2.32. The maximum Gasteiger partial charge on any atom is 0.226 e. The van der Waals surface area contributed by atoms with E-state index in [1.54, 1.807) is 12.2 Å². The molecule has 0 unspecified atom stereocenters. The predicted molar refractivity (Wildman–Crippen MR) is 77.8 cm³/mol. The minimum atomic E-state index is -0.233. The van der Waals surface area contributed by atoms with E-state index in [0.717, 1.165) is 5.57 Å². The number of hydrogen-bond acceptors (Lipinski definition) is 3. The number of hydrogen-bond donors (Lipinski definition) is 1. The number of carbonyl (C=O) groups excluding carboxylic acids is 3. The monoisotopic (exact) mass is 275 g/mol. The van der Waals surface area contributed by atoms with Crippen molar-refractivity contribution in [2.24, 2.45) is 11.8 Å². The highest BCUT2D eigenvalue weighted by molar-refractivity contribution is 5.97. The van der Waals surface area contributed by atoms with Crippen LogP contribution in [0.15, 0.2) is 36.5 Å². The maximum absolute atomic E-state index is 11.9. The van der Waals surface area contributed by atoms with E-state index in [1.807, 2.05) is 19.9 Å². The largest absolute Gasteiger partial charge is 0.296 e. The Hall–Kier alpha value is -1.97. The lowest BCUT2D eigenvalue weighted by Gasteiger charge is -2.19. The zero-order valence-corrected chi connectivity index (χ0v) is 12.0. The van der Waals surface area contributed by atoms with E-state index in [0.29, 0.717) is 19.3 Å². The van der Waals surface area contributed by atoms with E-state index in [-0.39, 0.29) is 29.4 Å². The van der Waals surface area contributed by atoms with Gasteiger partial charge in [0, 0.05) is 18.8 Å². The van der Waals surface area contributed by atoms with Crippen molar-refractivity contribution in [1.29, 1.82) is 0 Å². The molecule has 0 spiro atoms. The summed E-state index contributed by atoms with van der Waals surface area (Å²) in [6.07, 6.45) is 8.12. The highest BCUT2D eigenvalue weighted by Crippen LogP contribution is 2.18. The molecule has 1 fully saturated rings. The molecule has 1 saturated heterocycles. The van der Waals surface area contributed by atoms with Crippen LogP contribution in [0.1, 0.15) is 33.1 Å². The van der Waals surface area contributed by atoms with Gasteiger partial charge in [0.25, 0.3) is 0 Å². The van der Waals surface area contributed by atoms with Gasteiger partial charge in [-0.2, -0.15) is 0 Å². The fourth-order valence-corrected chi connectivity index (χ4v) is 2.09. The maximum atomic E-state index is 11.9. The number of nitrogens with one attached hydrogen (secondary N) is 1. The zero-order chi connectivity index (χ0) is 15.1. The van der Waals surface area contributed by atoms with E-state index >= 15 is 0 Å². The van der Waals surface area contributed by atoms with Crippen LogP contribution in [0.5, 0.6) is 0 Å². The fraction of sp³-hybridized carbons (Fsp3) is 0.438. The first-order chi connectivity index (χ1) is 9.42. The first kappa shape index (κ1) is 16.1. The van der Waals surface area contributed by atoms with E-state index in [1.165, 1.54) is 6.08 Å². The number of allylic oxidation sites excluding steroid dienone is 5. The molecule has 0 bridgehead atoms. The highest BCUT2D eigenvalue weighted by Gasteiger charge is 2.23. The minimum absolute atomic E-state index is 0.000981. The molecule has 108 valence electrons. The second-order valence-corrected chi connectivity index (χ2v) is 5.19. The third-order valence-corrected chi connectivity index (χ3v) is 3.26. The molecular weight excluding hydrogens is 254 g/mol. The molecule has 4 nitrogen and oxygen atoms in total. The average Bonchev–Trinajstić information content (AvgIpc) is 2.37. The molecule has 1 atom stereocenters. The molecule has 1 rings (SSSR count). The lowest BCUT2D eigenvalue weighted by Crippen LogP contribution is -2.38. The van der Waals surface area contributed by atoms with Gasteiger partial charge < -0.3 is 0 Å². The van der Waals surface area contributed by atoms with Crippen LogP contribution in [-0.4, -0.2) is 17.6 Å². The Morgan fingerprint density at radius 2 is 2.00 bits per heavy atom. The van der Waals surface area contributed by atoms with Crippen molar-refractivity contribution >= 4 is 17.6 Å². The van der Waals surface area contributed by atoms with Crippen LogP contribution < -0.4 is 5.32 Å². The molecule has 0 aromatic heterocycles. The van der Waals surface area contributed by atoms with Crippen LogP contribution in [0.2, 0.25) is 0 Å². The van der Waals surface area contributed by atoms with Crippen molar-refractivity contribution in [2.45, 2.75) is 33.1 Å². The highest BCUT2D eigenvalue weighted by atomic mass is 16.2. The van der Waals surface area contributed by atoms with E-state index < -0.39 is 0 Å². The molecule has 1 heterocycles. The van der Waals surface area contributed by atoms with Crippen LogP contribution >= 0.6 is 0 Å². The summed E-state index contributed by atoms with van der Waals surface area (Å²) in [7, 11) is 0. The van der Waals surface area contributed by atoms with Crippen LogP contribution in [-0.2, 0) is 14.4 Å². The molecule has 0 aromatic rings. The molecule has 0 aromatic carbocycles. The van der Waals surface area contributed by atoms with Gasteiger partial charge in [0.2, 0.25) is 11.8 Å². The molecule has 1 aliphatic rings. The molecule has 0 saturated carbocycles. The number of carbonyl (C=O) groups is 3. The zero-order valence-electron chi connectivity index (χ0n) is 12.0. The molecule has 0 radical (unpaired) electrons. The Morgan fingerprint density at radius 1 is 1.40 bits per heavy atom. The molecule has 2 amide bonds. The van der Waals surface area contributed by atoms with Crippen molar-refractivity contribution < 1.29 is 14.4 Å². The summed E-state index contributed by atoms with van der Waals surface area (Å²) >= 11 is 0. The third-order valence-electron chi connectivity index (χ3n) is 3.26. The standard InChI is InChI=1S/C16H21NO3/c1-4-11(2)8-12(3)14(18)7-5-6-13-9-15(19)17-16(20)10-13/h4-5,7-8,12-13H,1,6,9-10H2,2-3H3,(H,17,19,20)/b7-5+,11-8+/t12-/m1/s1. The van der Waals surface area contributed by atoms with Gasteiger partial charge in [-0.1, -0.05) is 37.3 Å². The number of amides is 2. The first-order valence-corrected chi connectivity index (χ1v) is 6.76. The minimum Gasteiger partial charge on any atom is -0.296 e. The Morgan fingerprint density at radius 3 is 2.55 bits per heavy atom. The van der Waals surface area contributed by atoms with E-state index in [2.05, 4.69) is 11.9 Å². The second-order valence-electron chi connectivity index (χ2n) is 5.19. The molecular formula is C16H21NO3. The lowest BCUT2D eigenvalue weighted by atomic mass is 9.93. The van der Waals surface area contributed by atoms with Crippen LogP contribution in [0, 0.1) is 11.8 Å². The normalized spacial score (nSPS) is 19.0. The molecule has 0 aliphatic carbocycles. The summed E-state index contributed by atoms with van der Waals surface area (Å²) in [5.41, 5.74) is 0.966. The van der Waals surface area contributed by atoms with Gasteiger partial charge in [-0.25, -0.2) is 0 Å². The Bertz CT molecular complexity index is 458. The van der Waals surface area contributed by atoms with Gasteiger partial charge in [-0.15, -0.1) is 0 Å². The summed E-state index contributed by atoms with van der Waals surface area (Å²) in [5, 5.41) is 2.27. The van der Waals surface area contributed by atoms with Crippen molar-refractivity contribution in [2.75, 3.05) is 0 Å². The van der Waals surface area contributed by atoms with E-state index in [9.17, 15) is 14.4 Å². The molecule has 1 N–H and O–H groups in total. The van der Waals surface area contributed by atoms with E-state index in [4.69, 9.17) is 0 Å². The van der Waals surface area contributed by atoms with Crippen molar-refractivity contribution in [1.82, 2.24) is 5.32 Å². The topological polar surface area (TPSA) is 63.2 Å². The van der Waals surface area contributed by atoms with Gasteiger partial charge >= 0.3 is 0 Å². The SMILES string of the molecule is C=C/C(C)=C/[C@@H](C)C(=O)/C=C/CC1CC(=O)NC(=O)C1. The molecule has 4 heteroatoms. The second kappa shape index (κ2) is 7.58. The molecule has 1 aliphatic heterocycles. The van der Waals surface area contributed by atoms with Crippen molar-refractivity contribution in [3.8, 4) is 0 Å². The fourth-order valence-electron chi connectivity index (χ4n) is 2.09. The van der Waals surface area contributed by atoms with Crippen LogP contribution in [0.3, 0.4) is 0 Å². The molecule has 20 heavy (non-hydrogen) atoms. The quantitative estimate of drug-likeness (QED) is 0.459.